The van der Waals surface area contributed by atoms with Crippen LogP contribution in [0.25, 0.3) is 11.0 Å². The highest BCUT2D eigenvalue weighted by Gasteiger charge is 2.14. The molecule has 0 radical (unpaired) electrons. The number of alkyl carbamates (subject to hydrolysis) is 2. The van der Waals surface area contributed by atoms with Gasteiger partial charge in [0.15, 0.2) is 5.78 Å². The molecule has 3 amide bonds. The van der Waals surface area contributed by atoms with E-state index in [0.717, 1.165) is 14.2 Å². The summed E-state index contributed by atoms with van der Waals surface area (Å²) >= 11 is 0. The number of methoxy groups -OCH3 is 3. The average Bonchev–Trinajstić information content (AvgIpc) is 3.24. The third kappa shape index (κ3) is 5.85. The van der Waals surface area contributed by atoms with Crippen molar-refractivity contribution in [2.45, 2.75) is 0 Å². The van der Waals surface area contributed by atoms with Crippen molar-refractivity contribution in [3.05, 3.63) is 53.6 Å². The number of amides is 3. The van der Waals surface area contributed by atoms with E-state index in [1.807, 2.05) is 0 Å². The number of aromatic nitrogens is 2. The molecule has 0 saturated carbocycles. The molecular weight excluding hydrogens is 448 g/mol. The number of ketones is 1. The van der Waals surface area contributed by atoms with Crippen LogP contribution in [0, 0.1) is 0 Å². The van der Waals surface area contributed by atoms with Crippen molar-refractivity contribution in [3.63, 3.8) is 0 Å². The number of nitrogens with one attached hydrogen (secondary N) is 4. The van der Waals surface area contributed by atoms with Crippen LogP contribution < -0.4 is 16.0 Å². The standard InChI is InChI=1S/C21H20N6O7/c1-32-19(29)25-17(26-20(30)33-2)22-13-6-4-5-11(9-13)16(28)12-7-8-14-15(10-12)24-18(23-14)27-21(31)34-3/h4-10H,1-3H3,(H2,23,24,27,31)(H2,22,25,26,29,30). The number of H-pyrrole nitrogens is 1. The summed E-state index contributed by atoms with van der Waals surface area (Å²) < 4.78 is 13.5. The number of benzene rings is 2. The molecule has 176 valence electrons. The average molecular weight is 468 g/mol. The van der Waals surface area contributed by atoms with Gasteiger partial charge in [-0.1, -0.05) is 12.1 Å². The summed E-state index contributed by atoms with van der Waals surface area (Å²) in [6.07, 6.45) is -2.41. The molecule has 34 heavy (non-hydrogen) atoms. The second kappa shape index (κ2) is 10.6. The molecule has 3 aromatic rings. The van der Waals surface area contributed by atoms with Crippen LogP contribution in [0.15, 0.2) is 47.5 Å². The molecule has 0 aliphatic carbocycles. The number of hydrogen-bond donors (Lipinski definition) is 4. The van der Waals surface area contributed by atoms with Crippen LogP contribution >= 0.6 is 0 Å². The zero-order valence-corrected chi connectivity index (χ0v) is 18.3. The Morgan fingerprint density at radius 1 is 0.853 bits per heavy atom. The Labute approximate surface area is 192 Å². The first kappa shape index (κ1) is 23.7. The third-order valence-electron chi connectivity index (χ3n) is 4.31. The Hall–Kier alpha value is -4.94. The first-order valence-electron chi connectivity index (χ1n) is 9.61. The van der Waals surface area contributed by atoms with Crippen LogP contribution in [0.2, 0.25) is 0 Å². The maximum atomic E-state index is 13.1. The predicted molar refractivity (Wildman–Crippen MR) is 120 cm³/mol. The van der Waals surface area contributed by atoms with Crippen molar-refractivity contribution in [1.82, 2.24) is 20.6 Å². The monoisotopic (exact) mass is 468 g/mol. The Bertz CT molecular complexity index is 1260. The second-order valence-corrected chi connectivity index (χ2v) is 6.51. The number of carbonyl (C=O) groups excluding carboxylic acids is 4. The number of ether oxygens (including phenoxy) is 3. The lowest BCUT2D eigenvalue weighted by molar-refractivity contribution is 0.103. The lowest BCUT2D eigenvalue weighted by Crippen LogP contribution is -2.43. The molecule has 4 N–H and O–H groups in total. The Balaban J connectivity index is 1.87. The molecule has 0 atom stereocenters. The van der Waals surface area contributed by atoms with Crippen molar-refractivity contribution in [1.29, 1.82) is 0 Å². The fraction of sp³-hybridized carbons (Fsp3) is 0.143. The van der Waals surface area contributed by atoms with Crippen LogP contribution in [-0.2, 0) is 14.2 Å². The van der Waals surface area contributed by atoms with E-state index < -0.39 is 18.3 Å². The summed E-state index contributed by atoms with van der Waals surface area (Å²) in [4.78, 5) is 58.7. The van der Waals surface area contributed by atoms with Gasteiger partial charge in [-0.25, -0.2) is 24.4 Å². The molecule has 0 unspecified atom stereocenters. The molecule has 0 aliphatic rings. The smallest absolute Gasteiger partial charge is 0.413 e. The predicted octanol–water partition coefficient (Wildman–Crippen LogP) is 2.67. The summed E-state index contributed by atoms with van der Waals surface area (Å²) in [5.41, 5.74) is 1.97. The van der Waals surface area contributed by atoms with Crippen molar-refractivity contribution in [3.8, 4) is 0 Å². The minimum atomic E-state index is -0.865. The third-order valence-corrected chi connectivity index (χ3v) is 4.31. The topological polar surface area (TPSA) is 173 Å². The molecular formula is C21H20N6O7. The molecule has 1 heterocycles. The molecule has 3 rings (SSSR count). The summed E-state index contributed by atoms with van der Waals surface area (Å²) in [6.45, 7) is 0. The number of aromatic amines is 1. The molecule has 0 spiro atoms. The van der Waals surface area contributed by atoms with Crippen molar-refractivity contribution in [2.75, 3.05) is 26.6 Å². The van der Waals surface area contributed by atoms with Crippen molar-refractivity contribution < 1.29 is 33.4 Å². The lowest BCUT2D eigenvalue weighted by atomic mass is 10.0. The Morgan fingerprint density at radius 3 is 2.15 bits per heavy atom. The van der Waals surface area contributed by atoms with Gasteiger partial charge < -0.3 is 19.2 Å². The fourth-order valence-electron chi connectivity index (χ4n) is 2.75. The zero-order valence-electron chi connectivity index (χ0n) is 18.3. The SMILES string of the molecule is COC(=O)NC(=Nc1cccc(C(=O)c2ccc3nc(NC(=O)OC)[nH]c3c2)c1)NC(=O)OC. The van der Waals surface area contributed by atoms with E-state index in [1.165, 1.54) is 13.2 Å². The summed E-state index contributed by atoms with van der Waals surface area (Å²) in [5, 5.41) is 6.90. The van der Waals surface area contributed by atoms with Gasteiger partial charge in [0.25, 0.3) is 0 Å². The van der Waals surface area contributed by atoms with Gasteiger partial charge in [-0.05, 0) is 30.3 Å². The van der Waals surface area contributed by atoms with Gasteiger partial charge in [-0.3, -0.25) is 20.7 Å². The molecule has 0 bridgehead atoms. The molecule has 0 fully saturated rings. The maximum Gasteiger partial charge on any atom is 0.413 e. The van der Waals surface area contributed by atoms with Crippen LogP contribution in [0.4, 0.5) is 26.0 Å². The maximum absolute atomic E-state index is 13.1. The van der Waals surface area contributed by atoms with E-state index in [9.17, 15) is 19.2 Å². The van der Waals surface area contributed by atoms with Crippen molar-refractivity contribution in [2.24, 2.45) is 4.99 Å². The number of aliphatic imine (C=N–C) groups is 1. The quantitative estimate of drug-likeness (QED) is 0.196. The van der Waals surface area contributed by atoms with E-state index in [1.54, 1.807) is 36.4 Å². The fourth-order valence-corrected chi connectivity index (χ4v) is 2.75. The zero-order chi connectivity index (χ0) is 24.7. The molecule has 13 heteroatoms. The van der Waals surface area contributed by atoms with E-state index >= 15 is 0 Å². The number of rotatable bonds is 4. The number of carbonyl (C=O) groups is 4. The van der Waals surface area contributed by atoms with Crippen LogP contribution in [0.5, 0.6) is 0 Å². The van der Waals surface area contributed by atoms with E-state index in [4.69, 9.17) is 0 Å². The normalized spacial score (nSPS) is 10.1. The number of imidazole rings is 1. The molecule has 13 nitrogen and oxygen atoms in total. The first-order chi connectivity index (χ1) is 16.3. The van der Waals surface area contributed by atoms with Gasteiger partial charge in [0.1, 0.15) is 0 Å². The number of hydrogen-bond acceptors (Lipinski definition) is 9. The number of nitrogens with zero attached hydrogens (tertiary/aromatic N) is 2. The minimum absolute atomic E-state index is 0.173. The number of anilines is 1. The minimum Gasteiger partial charge on any atom is -0.453 e. The van der Waals surface area contributed by atoms with E-state index in [0.29, 0.717) is 22.2 Å². The highest BCUT2D eigenvalue weighted by Crippen LogP contribution is 2.21. The second-order valence-electron chi connectivity index (χ2n) is 6.51. The first-order valence-corrected chi connectivity index (χ1v) is 9.61. The van der Waals surface area contributed by atoms with Gasteiger partial charge in [-0.2, -0.15) is 0 Å². The van der Waals surface area contributed by atoms with Gasteiger partial charge in [-0.15, -0.1) is 0 Å². The number of fused-ring (bicyclic) bond motifs is 1. The van der Waals surface area contributed by atoms with Gasteiger partial charge >= 0.3 is 18.3 Å². The van der Waals surface area contributed by atoms with E-state index in [2.05, 4.69) is 45.1 Å². The molecule has 0 aliphatic heterocycles. The Kier molecular flexibility index (Phi) is 7.38. The van der Waals surface area contributed by atoms with Gasteiger partial charge in [0.2, 0.25) is 11.9 Å². The Morgan fingerprint density at radius 2 is 1.50 bits per heavy atom. The summed E-state index contributed by atoms with van der Waals surface area (Å²) in [7, 11) is 3.53. The van der Waals surface area contributed by atoms with Crippen LogP contribution in [-0.4, -0.2) is 61.3 Å². The molecule has 0 saturated heterocycles. The summed E-state index contributed by atoms with van der Waals surface area (Å²) in [5.74, 6) is -0.404. The van der Waals surface area contributed by atoms with Gasteiger partial charge in [0, 0.05) is 11.1 Å². The van der Waals surface area contributed by atoms with E-state index in [-0.39, 0.29) is 23.4 Å². The van der Waals surface area contributed by atoms with Gasteiger partial charge in [0.05, 0.1) is 38.1 Å². The largest absolute Gasteiger partial charge is 0.453 e. The number of guanidine groups is 1. The lowest BCUT2D eigenvalue weighted by Gasteiger charge is -2.09. The van der Waals surface area contributed by atoms with Crippen molar-refractivity contribution >= 4 is 52.7 Å². The highest BCUT2D eigenvalue weighted by atomic mass is 16.5. The van der Waals surface area contributed by atoms with Crippen LogP contribution in [0.1, 0.15) is 15.9 Å². The summed E-state index contributed by atoms with van der Waals surface area (Å²) in [6, 6.07) is 11.0. The highest BCUT2D eigenvalue weighted by molar-refractivity contribution is 6.11. The van der Waals surface area contributed by atoms with Crippen LogP contribution in [0.3, 0.4) is 0 Å². The molecule has 2 aromatic carbocycles. The molecule has 1 aromatic heterocycles.